The number of amides is 2. The number of hydrogen-bond acceptors (Lipinski definition) is 3. The van der Waals surface area contributed by atoms with Gasteiger partial charge in [0.2, 0.25) is 0 Å². The first kappa shape index (κ1) is 28.1. The Labute approximate surface area is 224 Å². The minimum absolute atomic E-state index is 0.0000105. The van der Waals surface area contributed by atoms with Crippen LogP contribution in [0, 0.1) is 0 Å². The van der Waals surface area contributed by atoms with Crippen LogP contribution in [-0.4, -0.2) is 27.9 Å². The van der Waals surface area contributed by atoms with E-state index in [1.807, 2.05) is 72.3 Å². The molecule has 0 aliphatic carbocycles. The van der Waals surface area contributed by atoms with E-state index < -0.39 is 35.2 Å². The van der Waals surface area contributed by atoms with E-state index >= 15 is 0 Å². The number of anilines is 1. The predicted octanol–water partition coefficient (Wildman–Crippen LogP) is 7.71. The van der Waals surface area contributed by atoms with Crippen molar-refractivity contribution in [2.75, 3.05) is 17.6 Å². The fraction of sp³-hybridized carbons (Fsp3) is 0.185. The minimum Gasteiger partial charge on any atom is -0.337 e. The molecule has 39 heavy (non-hydrogen) atoms. The largest absolute Gasteiger partial charge is 0.416 e. The minimum atomic E-state index is -5.01. The van der Waals surface area contributed by atoms with Crippen LogP contribution in [0.25, 0.3) is 22.5 Å². The molecule has 2 N–H and O–H groups in total. The Hall–Kier alpha value is -3.93. The second-order valence-corrected chi connectivity index (χ2v) is 9.47. The molecule has 0 fully saturated rings. The molecular formula is C27H22F6N4OS. The second-order valence-electron chi connectivity index (χ2n) is 8.41. The average Bonchev–Trinajstić information content (AvgIpc) is 3.22. The van der Waals surface area contributed by atoms with Crippen LogP contribution in [0.2, 0.25) is 0 Å². The number of nitrogens with one attached hydrogen (secondary N) is 2. The number of hydrogen-bond donors (Lipinski definition) is 2. The molecule has 0 saturated heterocycles. The highest BCUT2D eigenvalue weighted by Crippen LogP contribution is 2.38. The highest BCUT2D eigenvalue weighted by Gasteiger charge is 2.37. The lowest BCUT2D eigenvalue weighted by Gasteiger charge is -2.15. The molecule has 4 aromatic rings. The molecule has 1 aromatic heterocycles. The maximum absolute atomic E-state index is 13.1. The molecule has 204 valence electrons. The smallest absolute Gasteiger partial charge is 0.337 e. The van der Waals surface area contributed by atoms with E-state index in [9.17, 15) is 31.1 Å². The summed E-state index contributed by atoms with van der Waals surface area (Å²) in [6.45, 7) is 0.0792. The Morgan fingerprint density at radius 2 is 1.38 bits per heavy atom. The summed E-state index contributed by atoms with van der Waals surface area (Å²) >= 11 is 1.34. The van der Waals surface area contributed by atoms with Crippen molar-refractivity contribution in [3.63, 3.8) is 0 Å². The topological polar surface area (TPSA) is 59.0 Å². The average molecular weight is 565 g/mol. The SMILES string of the molecule is Cn1c(SCCNC(=O)Nc2cc(C(F)(F)F)cc(C(F)(F)F)c2)nc(-c2ccccc2)c1-c1ccccc1. The summed E-state index contributed by atoms with van der Waals surface area (Å²) in [6.07, 6.45) is -10.0. The zero-order valence-electron chi connectivity index (χ0n) is 20.4. The zero-order valence-corrected chi connectivity index (χ0v) is 21.2. The van der Waals surface area contributed by atoms with Crippen LogP contribution in [0.4, 0.5) is 36.8 Å². The first-order valence-corrected chi connectivity index (χ1v) is 12.6. The third-order valence-corrected chi connectivity index (χ3v) is 6.64. The van der Waals surface area contributed by atoms with Crippen molar-refractivity contribution in [1.29, 1.82) is 0 Å². The molecule has 4 rings (SSSR count). The number of carbonyl (C=O) groups is 1. The van der Waals surface area contributed by atoms with Gasteiger partial charge >= 0.3 is 18.4 Å². The summed E-state index contributed by atoms with van der Waals surface area (Å²) in [5, 5.41) is 5.17. The number of rotatable bonds is 7. The van der Waals surface area contributed by atoms with Crippen LogP contribution in [-0.2, 0) is 19.4 Å². The van der Waals surface area contributed by atoms with Gasteiger partial charge in [0.1, 0.15) is 0 Å². The molecule has 0 unspecified atom stereocenters. The molecule has 0 spiro atoms. The van der Waals surface area contributed by atoms with Crippen LogP contribution in [0.15, 0.2) is 84.0 Å². The van der Waals surface area contributed by atoms with Gasteiger partial charge in [0.05, 0.1) is 22.5 Å². The molecule has 5 nitrogen and oxygen atoms in total. The van der Waals surface area contributed by atoms with Gasteiger partial charge in [-0.3, -0.25) is 0 Å². The molecule has 0 atom stereocenters. The monoisotopic (exact) mass is 564 g/mol. The lowest BCUT2D eigenvalue weighted by Crippen LogP contribution is -2.30. The molecule has 0 aliphatic rings. The Kier molecular flexibility index (Phi) is 8.24. The van der Waals surface area contributed by atoms with Crippen molar-refractivity contribution in [3.8, 4) is 22.5 Å². The summed E-state index contributed by atoms with van der Waals surface area (Å²) in [6, 6.07) is 19.3. The summed E-state index contributed by atoms with van der Waals surface area (Å²) < 4.78 is 80.3. The van der Waals surface area contributed by atoms with E-state index in [4.69, 9.17) is 4.98 Å². The van der Waals surface area contributed by atoms with E-state index in [0.29, 0.717) is 23.0 Å². The standard InChI is InChI=1S/C27H22F6N4OS/c1-37-23(18-10-6-3-7-11-18)22(17-8-4-2-5-9-17)36-25(37)39-13-12-34-24(38)35-21-15-19(26(28,29)30)14-20(16-21)27(31,32)33/h2-11,14-16H,12-13H2,1H3,(H2,34,35,38). The van der Waals surface area contributed by atoms with Crippen molar-refractivity contribution < 1.29 is 31.1 Å². The molecule has 0 saturated carbocycles. The predicted molar refractivity (Wildman–Crippen MR) is 138 cm³/mol. The van der Waals surface area contributed by atoms with Crippen molar-refractivity contribution in [2.24, 2.45) is 7.05 Å². The van der Waals surface area contributed by atoms with Gasteiger partial charge in [-0.25, -0.2) is 9.78 Å². The first-order valence-electron chi connectivity index (χ1n) is 11.6. The summed E-state index contributed by atoms with van der Waals surface area (Å²) in [7, 11) is 1.87. The van der Waals surface area contributed by atoms with E-state index in [0.717, 1.165) is 22.5 Å². The molecule has 0 aliphatic heterocycles. The van der Waals surface area contributed by atoms with Gasteiger partial charge in [0.15, 0.2) is 5.16 Å². The van der Waals surface area contributed by atoms with Crippen molar-refractivity contribution in [3.05, 3.63) is 90.0 Å². The third-order valence-electron chi connectivity index (χ3n) is 5.61. The van der Waals surface area contributed by atoms with Crippen LogP contribution in [0.5, 0.6) is 0 Å². The number of urea groups is 1. The number of benzene rings is 3. The quantitative estimate of drug-likeness (QED) is 0.137. The number of aromatic nitrogens is 2. The number of thioether (sulfide) groups is 1. The van der Waals surface area contributed by atoms with Gasteiger partial charge in [-0.1, -0.05) is 72.4 Å². The first-order chi connectivity index (χ1) is 18.4. The van der Waals surface area contributed by atoms with E-state index in [2.05, 4.69) is 10.6 Å². The highest BCUT2D eigenvalue weighted by molar-refractivity contribution is 7.99. The Balaban J connectivity index is 1.43. The van der Waals surface area contributed by atoms with Crippen molar-refractivity contribution >= 4 is 23.5 Å². The highest BCUT2D eigenvalue weighted by atomic mass is 32.2. The molecule has 0 radical (unpaired) electrons. The summed E-state index contributed by atoms with van der Waals surface area (Å²) in [5.74, 6) is 0.344. The van der Waals surface area contributed by atoms with Crippen molar-refractivity contribution in [2.45, 2.75) is 17.5 Å². The number of halogens is 6. The molecule has 1 heterocycles. The molecule has 3 aromatic carbocycles. The van der Waals surface area contributed by atoms with Gasteiger partial charge < -0.3 is 15.2 Å². The fourth-order valence-corrected chi connectivity index (χ4v) is 4.67. The van der Waals surface area contributed by atoms with Gasteiger partial charge in [-0.15, -0.1) is 0 Å². The molecule has 0 bridgehead atoms. The molecular weight excluding hydrogens is 542 g/mol. The van der Waals surface area contributed by atoms with E-state index in [-0.39, 0.29) is 12.6 Å². The summed E-state index contributed by atoms with van der Waals surface area (Å²) in [4.78, 5) is 17.0. The second kappa shape index (κ2) is 11.4. The van der Waals surface area contributed by atoms with Gasteiger partial charge in [-0.05, 0) is 18.2 Å². The maximum Gasteiger partial charge on any atom is 0.416 e. The van der Waals surface area contributed by atoms with Gasteiger partial charge in [-0.2, -0.15) is 26.3 Å². The van der Waals surface area contributed by atoms with Crippen molar-refractivity contribution in [1.82, 2.24) is 14.9 Å². The number of alkyl halides is 6. The Morgan fingerprint density at radius 1 is 0.846 bits per heavy atom. The normalized spacial score (nSPS) is 11.9. The fourth-order valence-electron chi connectivity index (χ4n) is 3.84. The number of nitrogens with zero attached hydrogens (tertiary/aromatic N) is 2. The maximum atomic E-state index is 13.1. The molecule has 12 heteroatoms. The Morgan fingerprint density at radius 3 is 1.92 bits per heavy atom. The number of carbonyl (C=O) groups excluding carboxylic acids is 1. The molecule has 2 amide bonds. The van der Waals surface area contributed by atoms with Gasteiger partial charge in [0, 0.05) is 36.2 Å². The third kappa shape index (κ3) is 6.94. The van der Waals surface area contributed by atoms with Crippen LogP contribution in [0.1, 0.15) is 11.1 Å². The summed E-state index contributed by atoms with van der Waals surface area (Å²) in [5.41, 5.74) is -0.0672. The van der Waals surface area contributed by atoms with Gasteiger partial charge in [0.25, 0.3) is 0 Å². The zero-order chi connectivity index (χ0) is 28.2. The van der Waals surface area contributed by atoms with E-state index in [1.165, 1.54) is 11.8 Å². The lowest BCUT2D eigenvalue weighted by molar-refractivity contribution is -0.143. The number of imidazole rings is 1. The van der Waals surface area contributed by atoms with Crippen LogP contribution >= 0.6 is 11.8 Å². The van der Waals surface area contributed by atoms with Crippen LogP contribution in [0.3, 0.4) is 0 Å². The van der Waals surface area contributed by atoms with Crippen LogP contribution < -0.4 is 10.6 Å². The van der Waals surface area contributed by atoms with E-state index in [1.54, 1.807) is 0 Å². The lowest BCUT2D eigenvalue weighted by atomic mass is 10.1. The Bertz CT molecular complexity index is 1400.